The van der Waals surface area contributed by atoms with E-state index in [1.807, 2.05) is 0 Å². The van der Waals surface area contributed by atoms with Crippen molar-refractivity contribution in [2.24, 2.45) is 17.0 Å². The van der Waals surface area contributed by atoms with Gasteiger partial charge in [0.25, 0.3) is 5.91 Å². The van der Waals surface area contributed by atoms with Crippen molar-refractivity contribution in [2.75, 3.05) is 5.32 Å². The molecule has 0 aliphatic heterocycles. The highest BCUT2D eigenvalue weighted by Gasteiger charge is 2.54. The summed E-state index contributed by atoms with van der Waals surface area (Å²) in [5.74, 6) is -6.67. The summed E-state index contributed by atoms with van der Waals surface area (Å²) in [6.45, 7) is -0.151. The second-order valence-corrected chi connectivity index (χ2v) is 13.7. The molecule has 2 fully saturated rings. The SMILES string of the molecule is O=C(Nc1cc(F)c(F)c(F)c1)c1ccc(Cl)c(S(=O)(=O)C2C3CC[C@@H]2CC(O)(/C=N/OCc2ccc(C(F)(F)F)cc2)C3)c1. The second-order valence-electron chi connectivity index (χ2n) is 11.2. The highest BCUT2D eigenvalue weighted by Crippen LogP contribution is 2.51. The summed E-state index contributed by atoms with van der Waals surface area (Å²) in [6, 6.07) is 8.96. The van der Waals surface area contributed by atoms with Crippen molar-refractivity contribution < 1.29 is 49.5 Å². The molecule has 0 saturated heterocycles. The lowest BCUT2D eigenvalue weighted by atomic mass is 9.78. The van der Waals surface area contributed by atoms with E-state index in [9.17, 15) is 44.7 Å². The fourth-order valence-electron chi connectivity index (χ4n) is 6.06. The van der Waals surface area contributed by atoms with E-state index in [2.05, 4.69) is 10.5 Å². The summed E-state index contributed by atoms with van der Waals surface area (Å²) < 4.78 is 106. The molecule has 0 aromatic heterocycles. The Kier molecular flexibility index (Phi) is 8.95. The van der Waals surface area contributed by atoms with Crippen molar-refractivity contribution in [1.29, 1.82) is 0 Å². The van der Waals surface area contributed by atoms with E-state index in [-0.39, 0.29) is 40.6 Å². The Balaban J connectivity index is 1.27. The van der Waals surface area contributed by atoms with Gasteiger partial charge in [0.05, 0.1) is 26.9 Å². The van der Waals surface area contributed by atoms with Crippen molar-refractivity contribution in [1.82, 2.24) is 0 Å². The Morgan fingerprint density at radius 2 is 1.62 bits per heavy atom. The van der Waals surface area contributed by atoms with Crippen LogP contribution in [0.4, 0.5) is 32.0 Å². The Labute approximate surface area is 258 Å². The molecular weight excluding hydrogens is 650 g/mol. The molecule has 0 radical (unpaired) electrons. The fraction of sp³-hybridized carbons (Fsp3) is 0.333. The first-order valence-electron chi connectivity index (χ1n) is 13.6. The zero-order valence-electron chi connectivity index (χ0n) is 23.1. The maximum atomic E-state index is 13.9. The first kappa shape index (κ1) is 32.8. The van der Waals surface area contributed by atoms with Gasteiger partial charge >= 0.3 is 6.18 Å². The quantitative estimate of drug-likeness (QED) is 0.117. The fourth-order valence-corrected chi connectivity index (χ4v) is 8.90. The summed E-state index contributed by atoms with van der Waals surface area (Å²) in [5.41, 5.74) is -2.44. The van der Waals surface area contributed by atoms with E-state index in [0.717, 1.165) is 18.2 Å². The monoisotopic (exact) mass is 674 g/mol. The molecule has 2 saturated carbocycles. The Hall–Kier alpha value is -3.62. The van der Waals surface area contributed by atoms with Crippen molar-refractivity contribution in [3.63, 3.8) is 0 Å². The molecule has 2 N–H and O–H groups in total. The molecule has 2 aliphatic rings. The smallest absolute Gasteiger partial charge is 0.391 e. The maximum Gasteiger partial charge on any atom is 0.416 e. The molecule has 5 rings (SSSR count). The molecule has 2 aliphatic carbocycles. The van der Waals surface area contributed by atoms with Crippen LogP contribution < -0.4 is 5.32 Å². The number of aliphatic hydroxyl groups is 1. The number of carbonyl (C=O) groups excluding carboxylic acids is 1. The number of fused-ring (bicyclic) bond motifs is 2. The minimum atomic E-state index is -4.47. The predicted molar refractivity (Wildman–Crippen MR) is 152 cm³/mol. The van der Waals surface area contributed by atoms with Crippen LogP contribution in [0.1, 0.15) is 47.2 Å². The van der Waals surface area contributed by atoms with E-state index in [4.69, 9.17) is 16.4 Å². The number of rotatable bonds is 8. The molecular formula is C30H25ClF6N2O5S. The minimum Gasteiger partial charge on any atom is -0.391 e. The van der Waals surface area contributed by atoms with Gasteiger partial charge in [-0.3, -0.25) is 4.79 Å². The summed E-state index contributed by atoms with van der Waals surface area (Å²) >= 11 is 6.27. The van der Waals surface area contributed by atoms with Gasteiger partial charge in [0.2, 0.25) is 0 Å². The zero-order chi connectivity index (χ0) is 32.7. The average Bonchev–Trinajstić information content (AvgIpc) is 3.27. The lowest BCUT2D eigenvalue weighted by molar-refractivity contribution is -0.137. The summed E-state index contributed by atoms with van der Waals surface area (Å²) in [6.07, 6.45) is -2.28. The molecule has 0 heterocycles. The molecule has 240 valence electrons. The van der Waals surface area contributed by atoms with Crippen molar-refractivity contribution in [3.8, 4) is 0 Å². The number of anilines is 1. The normalized spacial score (nSPS) is 23.3. The number of amides is 1. The van der Waals surface area contributed by atoms with Gasteiger partial charge in [-0.05, 0) is 73.4 Å². The van der Waals surface area contributed by atoms with Crippen LogP contribution in [0.25, 0.3) is 0 Å². The number of benzene rings is 3. The van der Waals surface area contributed by atoms with Gasteiger partial charge in [-0.2, -0.15) is 13.2 Å². The van der Waals surface area contributed by atoms with Crippen LogP contribution in [0.15, 0.2) is 64.6 Å². The van der Waals surface area contributed by atoms with Gasteiger partial charge in [0.1, 0.15) is 12.2 Å². The summed E-state index contributed by atoms with van der Waals surface area (Å²) in [5, 5.41) is 16.1. The highest BCUT2D eigenvalue weighted by molar-refractivity contribution is 7.92. The lowest BCUT2D eigenvalue weighted by Crippen LogP contribution is -2.47. The third-order valence-corrected chi connectivity index (χ3v) is 10.9. The van der Waals surface area contributed by atoms with Crippen LogP contribution >= 0.6 is 11.6 Å². The van der Waals surface area contributed by atoms with Crippen LogP contribution in [-0.2, 0) is 27.5 Å². The number of halogens is 7. The molecule has 2 bridgehead atoms. The van der Waals surface area contributed by atoms with Gasteiger partial charge in [-0.25, -0.2) is 21.6 Å². The highest BCUT2D eigenvalue weighted by atomic mass is 35.5. The third-order valence-electron chi connectivity index (χ3n) is 8.05. The van der Waals surface area contributed by atoms with E-state index in [1.165, 1.54) is 30.5 Å². The van der Waals surface area contributed by atoms with E-state index < -0.39 is 67.6 Å². The van der Waals surface area contributed by atoms with Gasteiger partial charge in [-0.1, -0.05) is 28.9 Å². The molecule has 0 spiro atoms. The number of carbonyl (C=O) groups is 1. The topological polar surface area (TPSA) is 105 Å². The maximum absolute atomic E-state index is 13.9. The van der Waals surface area contributed by atoms with E-state index in [0.29, 0.717) is 30.5 Å². The van der Waals surface area contributed by atoms with Crippen molar-refractivity contribution >= 4 is 39.2 Å². The Bertz CT molecular complexity index is 1710. The molecule has 4 atom stereocenters. The molecule has 7 nitrogen and oxygen atoms in total. The molecule has 45 heavy (non-hydrogen) atoms. The summed E-state index contributed by atoms with van der Waals surface area (Å²) in [4.78, 5) is 17.6. The first-order valence-corrected chi connectivity index (χ1v) is 15.5. The second kappa shape index (κ2) is 12.3. The standard InChI is InChI=1S/C30H25ClF6N2O5S/c31-22-8-5-17(28(40)39-21-10-23(32)26(34)24(33)11-21)9-25(22)45(42,43)27-18-3-4-19(27)13-29(41,12-18)15-38-44-14-16-1-6-20(7-2-16)30(35,36)37/h1-2,5-11,15,18-19,27,41H,3-4,12-14H2,(H,39,40)/b38-15+/t18-,19?,27?,29?/m1/s1. The van der Waals surface area contributed by atoms with Crippen molar-refractivity contribution in [2.45, 2.75) is 54.2 Å². The van der Waals surface area contributed by atoms with Crippen LogP contribution in [0, 0.1) is 29.3 Å². The van der Waals surface area contributed by atoms with Crippen LogP contribution in [-0.4, -0.2) is 36.5 Å². The Morgan fingerprint density at radius 3 is 2.20 bits per heavy atom. The van der Waals surface area contributed by atoms with E-state index >= 15 is 0 Å². The minimum absolute atomic E-state index is 0.0278. The van der Waals surface area contributed by atoms with Gasteiger partial charge in [0.15, 0.2) is 27.3 Å². The number of hydrogen-bond acceptors (Lipinski definition) is 6. The predicted octanol–water partition coefficient (Wildman–Crippen LogP) is 6.92. The molecule has 15 heteroatoms. The molecule has 3 unspecified atom stereocenters. The van der Waals surface area contributed by atoms with Crippen molar-refractivity contribution in [3.05, 3.63) is 93.8 Å². The van der Waals surface area contributed by atoms with Gasteiger partial charge in [0, 0.05) is 23.4 Å². The van der Waals surface area contributed by atoms with Crippen LogP contribution in [0.5, 0.6) is 0 Å². The number of oxime groups is 1. The first-order chi connectivity index (χ1) is 21.1. The number of hydrogen-bond donors (Lipinski definition) is 2. The summed E-state index contributed by atoms with van der Waals surface area (Å²) in [7, 11) is -4.15. The lowest BCUT2D eigenvalue weighted by Gasteiger charge is -2.38. The van der Waals surface area contributed by atoms with Gasteiger partial charge < -0.3 is 15.3 Å². The number of nitrogens with one attached hydrogen (secondary N) is 1. The van der Waals surface area contributed by atoms with Gasteiger partial charge in [-0.15, -0.1) is 0 Å². The molecule has 1 amide bonds. The number of sulfone groups is 1. The zero-order valence-corrected chi connectivity index (χ0v) is 24.7. The largest absolute Gasteiger partial charge is 0.416 e. The average molecular weight is 675 g/mol. The van der Waals surface area contributed by atoms with E-state index in [1.54, 1.807) is 0 Å². The third kappa shape index (κ3) is 6.97. The molecule has 3 aromatic rings. The number of alkyl halides is 3. The van der Waals surface area contributed by atoms with Crippen LogP contribution in [0.2, 0.25) is 5.02 Å². The molecule has 3 aromatic carbocycles. The Morgan fingerprint density at radius 1 is 1.02 bits per heavy atom. The van der Waals surface area contributed by atoms with Crippen LogP contribution in [0.3, 0.4) is 0 Å². The number of nitrogens with zero attached hydrogens (tertiary/aromatic N) is 1.